The molecule has 0 radical (unpaired) electrons. The lowest BCUT2D eigenvalue weighted by atomic mass is 9.96. The molecule has 0 amide bonds. The average molecular weight is 170 g/mol. The van der Waals surface area contributed by atoms with E-state index in [1.165, 1.54) is 6.42 Å². The third kappa shape index (κ3) is 1.33. The smallest absolute Gasteiger partial charge is 0.338 e. The molecule has 0 bridgehead atoms. The predicted molar refractivity (Wildman–Crippen MR) is 42.7 cm³/mol. The first-order chi connectivity index (χ1) is 5.59. The Bertz CT molecular complexity index is 206. The minimum absolute atomic E-state index is 0.176. The standard InChI is InChI=1S/C9H14O3/c1-9(2)7(12-9)8(10)11-6-4-3-5-6/h6-7H,3-5H2,1-2H3. The molecule has 1 aliphatic heterocycles. The van der Waals surface area contributed by atoms with Crippen LogP contribution in [0.25, 0.3) is 0 Å². The molecule has 3 heteroatoms. The van der Waals surface area contributed by atoms with Crippen molar-refractivity contribution >= 4 is 5.97 Å². The van der Waals surface area contributed by atoms with Gasteiger partial charge in [0.1, 0.15) is 11.7 Å². The summed E-state index contributed by atoms with van der Waals surface area (Å²) in [7, 11) is 0. The summed E-state index contributed by atoms with van der Waals surface area (Å²) in [5.41, 5.74) is -0.277. The highest BCUT2D eigenvalue weighted by molar-refractivity contribution is 5.79. The van der Waals surface area contributed by atoms with E-state index in [1.807, 2.05) is 13.8 Å². The van der Waals surface area contributed by atoms with Gasteiger partial charge in [0.2, 0.25) is 0 Å². The molecule has 2 fully saturated rings. The van der Waals surface area contributed by atoms with Gasteiger partial charge in [0.15, 0.2) is 6.10 Å². The summed E-state index contributed by atoms with van der Waals surface area (Å²) in [5.74, 6) is -0.176. The summed E-state index contributed by atoms with van der Waals surface area (Å²) < 4.78 is 10.3. The zero-order valence-corrected chi connectivity index (χ0v) is 7.50. The first-order valence-corrected chi connectivity index (χ1v) is 4.48. The lowest BCUT2D eigenvalue weighted by Crippen LogP contribution is -2.28. The van der Waals surface area contributed by atoms with Crippen molar-refractivity contribution in [3.8, 4) is 0 Å². The van der Waals surface area contributed by atoms with E-state index < -0.39 is 0 Å². The molecule has 3 nitrogen and oxygen atoms in total. The Balaban J connectivity index is 1.78. The molecule has 1 atom stereocenters. The van der Waals surface area contributed by atoms with E-state index in [1.54, 1.807) is 0 Å². The van der Waals surface area contributed by atoms with Crippen molar-refractivity contribution in [3.63, 3.8) is 0 Å². The van der Waals surface area contributed by atoms with Crippen molar-refractivity contribution in [1.82, 2.24) is 0 Å². The van der Waals surface area contributed by atoms with Gasteiger partial charge in [-0.3, -0.25) is 0 Å². The van der Waals surface area contributed by atoms with E-state index in [-0.39, 0.29) is 23.8 Å². The van der Waals surface area contributed by atoms with Gasteiger partial charge in [0, 0.05) is 0 Å². The Kier molecular flexibility index (Phi) is 1.65. The van der Waals surface area contributed by atoms with E-state index in [4.69, 9.17) is 9.47 Å². The number of epoxide rings is 1. The van der Waals surface area contributed by atoms with Crippen LogP contribution < -0.4 is 0 Å². The summed E-state index contributed by atoms with van der Waals surface area (Å²) in [5, 5.41) is 0. The molecule has 0 spiro atoms. The normalized spacial score (nSPS) is 32.3. The van der Waals surface area contributed by atoms with Gasteiger partial charge in [0.25, 0.3) is 0 Å². The third-order valence-electron chi connectivity index (χ3n) is 2.54. The van der Waals surface area contributed by atoms with E-state index in [9.17, 15) is 4.79 Å². The fraction of sp³-hybridized carbons (Fsp3) is 0.889. The van der Waals surface area contributed by atoms with Crippen LogP contribution in [0.5, 0.6) is 0 Å². The van der Waals surface area contributed by atoms with E-state index in [0.717, 1.165) is 12.8 Å². The first-order valence-electron chi connectivity index (χ1n) is 4.48. The number of carbonyl (C=O) groups is 1. The molecule has 2 rings (SSSR count). The van der Waals surface area contributed by atoms with E-state index in [0.29, 0.717) is 0 Å². The molecule has 1 unspecified atom stereocenters. The molecule has 0 aromatic carbocycles. The quantitative estimate of drug-likeness (QED) is 0.462. The number of rotatable bonds is 2. The predicted octanol–water partition coefficient (Wildman–Crippen LogP) is 1.26. The van der Waals surface area contributed by atoms with Crippen molar-refractivity contribution in [2.24, 2.45) is 0 Å². The molecule has 1 heterocycles. The molecule has 68 valence electrons. The second-order valence-corrected chi connectivity index (χ2v) is 4.09. The lowest BCUT2D eigenvalue weighted by Gasteiger charge is -2.24. The zero-order chi connectivity index (χ0) is 8.77. The Morgan fingerprint density at radius 1 is 1.50 bits per heavy atom. The second kappa shape index (κ2) is 2.46. The lowest BCUT2D eigenvalue weighted by molar-refractivity contribution is -0.154. The number of ether oxygens (including phenoxy) is 2. The summed E-state index contributed by atoms with van der Waals surface area (Å²) in [6.07, 6.45) is 3.11. The van der Waals surface area contributed by atoms with Crippen LogP contribution in [-0.2, 0) is 14.3 Å². The maximum Gasteiger partial charge on any atom is 0.338 e. The van der Waals surface area contributed by atoms with Gasteiger partial charge in [-0.05, 0) is 33.1 Å². The van der Waals surface area contributed by atoms with Gasteiger partial charge in [-0.15, -0.1) is 0 Å². The maximum atomic E-state index is 11.3. The fourth-order valence-electron chi connectivity index (χ4n) is 1.32. The van der Waals surface area contributed by atoms with Gasteiger partial charge in [-0.2, -0.15) is 0 Å². The Labute approximate surface area is 72.0 Å². The van der Waals surface area contributed by atoms with Gasteiger partial charge in [0.05, 0.1) is 0 Å². The van der Waals surface area contributed by atoms with E-state index >= 15 is 0 Å². The highest BCUT2D eigenvalue weighted by Crippen LogP contribution is 2.37. The van der Waals surface area contributed by atoms with Crippen molar-refractivity contribution in [2.75, 3.05) is 0 Å². The highest BCUT2D eigenvalue weighted by Gasteiger charge is 2.54. The number of esters is 1. The molecule has 12 heavy (non-hydrogen) atoms. The molecule has 0 aromatic heterocycles. The molecule has 1 saturated carbocycles. The molecule has 1 aliphatic carbocycles. The molecule has 1 saturated heterocycles. The van der Waals surface area contributed by atoms with Crippen LogP contribution in [0.1, 0.15) is 33.1 Å². The summed E-state index contributed by atoms with van der Waals surface area (Å²) in [4.78, 5) is 11.3. The number of hydrogen-bond donors (Lipinski definition) is 0. The van der Waals surface area contributed by atoms with Crippen molar-refractivity contribution in [1.29, 1.82) is 0 Å². The van der Waals surface area contributed by atoms with Crippen LogP contribution >= 0.6 is 0 Å². The molecule has 2 aliphatic rings. The topological polar surface area (TPSA) is 38.8 Å². The monoisotopic (exact) mass is 170 g/mol. The summed E-state index contributed by atoms with van der Waals surface area (Å²) in [6, 6.07) is 0. The zero-order valence-electron chi connectivity index (χ0n) is 7.50. The largest absolute Gasteiger partial charge is 0.460 e. The van der Waals surface area contributed by atoms with Gasteiger partial charge in [-0.1, -0.05) is 0 Å². The van der Waals surface area contributed by atoms with Gasteiger partial charge < -0.3 is 9.47 Å². The van der Waals surface area contributed by atoms with Crippen molar-refractivity contribution < 1.29 is 14.3 Å². The molecule has 0 aromatic rings. The Morgan fingerprint density at radius 2 is 2.08 bits per heavy atom. The van der Waals surface area contributed by atoms with Gasteiger partial charge >= 0.3 is 5.97 Å². The maximum absolute atomic E-state index is 11.3. The molecular weight excluding hydrogens is 156 g/mol. The minimum Gasteiger partial charge on any atom is -0.460 e. The first kappa shape index (κ1) is 8.05. The fourth-order valence-corrected chi connectivity index (χ4v) is 1.32. The summed E-state index contributed by atoms with van der Waals surface area (Å²) >= 11 is 0. The third-order valence-corrected chi connectivity index (χ3v) is 2.54. The van der Waals surface area contributed by atoms with Crippen molar-refractivity contribution in [2.45, 2.75) is 50.9 Å². The Morgan fingerprint density at radius 3 is 2.42 bits per heavy atom. The van der Waals surface area contributed by atoms with Crippen LogP contribution in [0.3, 0.4) is 0 Å². The Hall–Kier alpha value is -0.570. The minimum atomic E-state index is -0.307. The highest BCUT2D eigenvalue weighted by atomic mass is 16.7. The summed E-state index contributed by atoms with van der Waals surface area (Å²) in [6.45, 7) is 3.80. The molecule has 0 N–H and O–H groups in total. The van der Waals surface area contributed by atoms with Gasteiger partial charge in [-0.25, -0.2) is 4.79 Å². The van der Waals surface area contributed by atoms with E-state index in [2.05, 4.69) is 0 Å². The SMILES string of the molecule is CC1(C)OC1C(=O)OC1CCC1. The van der Waals surface area contributed by atoms with Crippen LogP contribution in [0.2, 0.25) is 0 Å². The van der Waals surface area contributed by atoms with Crippen LogP contribution in [-0.4, -0.2) is 23.8 Å². The second-order valence-electron chi connectivity index (χ2n) is 4.09. The number of carbonyl (C=O) groups excluding carboxylic acids is 1. The molecular formula is C9H14O3. The van der Waals surface area contributed by atoms with Crippen molar-refractivity contribution in [3.05, 3.63) is 0 Å². The van der Waals surface area contributed by atoms with Crippen LogP contribution in [0, 0.1) is 0 Å². The van der Waals surface area contributed by atoms with Crippen LogP contribution in [0.4, 0.5) is 0 Å². The number of hydrogen-bond acceptors (Lipinski definition) is 3. The van der Waals surface area contributed by atoms with Crippen LogP contribution in [0.15, 0.2) is 0 Å². The average Bonchev–Trinajstić information content (AvgIpc) is 2.50.